The van der Waals surface area contributed by atoms with Crippen LogP contribution in [0.5, 0.6) is 0 Å². The van der Waals surface area contributed by atoms with Crippen molar-refractivity contribution in [2.24, 2.45) is 0 Å². The number of carbonyl (C=O) groups is 1. The number of carboxylic acids is 1. The van der Waals surface area contributed by atoms with E-state index in [-0.39, 0.29) is 5.75 Å². The van der Waals surface area contributed by atoms with Gasteiger partial charge >= 0.3 is 5.97 Å². The zero-order valence-electron chi connectivity index (χ0n) is 10.9. The van der Waals surface area contributed by atoms with E-state index in [0.29, 0.717) is 17.6 Å². The van der Waals surface area contributed by atoms with E-state index in [2.05, 4.69) is 15.2 Å². The van der Waals surface area contributed by atoms with Gasteiger partial charge in [0.05, 0.1) is 12.3 Å². The second kappa shape index (κ2) is 5.53. The van der Waals surface area contributed by atoms with Crippen LogP contribution in [-0.4, -0.2) is 36.6 Å². The third-order valence-corrected chi connectivity index (χ3v) is 4.88. The Morgan fingerprint density at radius 2 is 2.35 bits per heavy atom. The number of hydrogen-bond donors (Lipinski definition) is 1. The van der Waals surface area contributed by atoms with Gasteiger partial charge in [0, 0.05) is 17.0 Å². The Bertz CT molecular complexity index is 633. The van der Waals surface area contributed by atoms with Crippen LogP contribution in [0.3, 0.4) is 0 Å². The number of aromatic nitrogens is 4. The van der Waals surface area contributed by atoms with Crippen molar-refractivity contribution in [3.63, 3.8) is 0 Å². The van der Waals surface area contributed by atoms with Crippen LogP contribution in [0.25, 0.3) is 0 Å². The molecule has 2 heterocycles. The van der Waals surface area contributed by atoms with Crippen molar-refractivity contribution < 1.29 is 9.90 Å². The lowest BCUT2D eigenvalue weighted by Crippen LogP contribution is -2.07. The fraction of sp³-hybridized carbons (Fsp3) is 0.500. The lowest BCUT2D eigenvalue weighted by atomic mass is 10.4. The molecule has 0 aliphatic heterocycles. The molecule has 20 heavy (non-hydrogen) atoms. The van der Waals surface area contributed by atoms with E-state index in [4.69, 9.17) is 5.11 Å². The van der Waals surface area contributed by atoms with Crippen LogP contribution >= 0.6 is 23.1 Å². The molecule has 1 saturated carbocycles. The minimum atomic E-state index is -0.845. The molecule has 2 aromatic rings. The lowest BCUT2D eigenvalue weighted by molar-refractivity contribution is -0.133. The fourth-order valence-corrected chi connectivity index (χ4v) is 3.36. The van der Waals surface area contributed by atoms with Crippen molar-refractivity contribution in [3.8, 4) is 0 Å². The van der Waals surface area contributed by atoms with Crippen molar-refractivity contribution >= 4 is 29.1 Å². The Balaban J connectivity index is 1.84. The van der Waals surface area contributed by atoms with Crippen molar-refractivity contribution in [1.82, 2.24) is 19.7 Å². The number of carboxylic acid groups (broad SMARTS) is 1. The quantitative estimate of drug-likeness (QED) is 0.823. The number of aryl methyl sites for hydroxylation is 1. The first-order valence-corrected chi connectivity index (χ1v) is 8.18. The van der Waals surface area contributed by atoms with Crippen LogP contribution in [0.2, 0.25) is 0 Å². The Morgan fingerprint density at radius 3 is 2.95 bits per heavy atom. The summed E-state index contributed by atoms with van der Waals surface area (Å²) in [4.78, 5) is 15.2. The summed E-state index contributed by atoms with van der Waals surface area (Å²) in [5, 5.41) is 20.9. The molecular formula is C12H14N4O2S2. The summed E-state index contributed by atoms with van der Waals surface area (Å²) in [7, 11) is 0. The normalized spacial score (nSPS) is 14.7. The monoisotopic (exact) mass is 310 g/mol. The van der Waals surface area contributed by atoms with Crippen LogP contribution in [0.4, 0.5) is 0 Å². The van der Waals surface area contributed by atoms with Gasteiger partial charge in [-0.25, -0.2) is 4.98 Å². The van der Waals surface area contributed by atoms with Crippen molar-refractivity contribution in [3.05, 3.63) is 21.9 Å². The molecule has 0 bridgehead atoms. The van der Waals surface area contributed by atoms with Gasteiger partial charge in [-0.1, -0.05) is 11.8 Å². The predicted molar refractivity (Wildman–Crippen MR) is 76.3 cm³/mol. The minimum absolute atomic E-state index is 0.000301. The van der Waals surface area contributed by atoms with E-state index in [9.17, 15) is 4.79 Å². The maximum Gasteiger partial charge on any atom is 0.313 e. The van der Waals surface area contributed by atoms with Gasteiger partial charge in [0.2, 0.25) is 0 Å². The molecule has 0 atom stereocenters. The second-order valence-electron chi connectivity index (χ2n) is 4.77. The third-order valence-electron chi connectivity index (χ3n) is 2.97. The molecular weight excluding hydrogens is 296 g/mol. The number of nitrogens with zero attached hydrogens (tertiary/aromatic N) is 4. The Morgan fingerprint density at radius 1 is 1.55 bits per heavy atom. The SMILES string of the molecule is Cc1csc(Cn2c(SCC(=O)O)nnc2C2CC2)n1. The van der Waals surface area contributed by atoms with Gasteiger partial charge in [-0.2, -0.15) is 0 Å². The maximum absolute atomic E-state index is 10.7. The van der Waals surface area contributed by atoms with E-state index in [1.54, 1.807) is 11.3 Å². The summed E-state index contributed by atoms with van der Waals surface area (Å²) in [6, 6.07) is 0. The summed E-state index contributed by atoms with van der Waals surface area (Å²) in [5.41, 5.74) is 1.01. The van der Waals surface area contributed by atoms with E-state index in [0.717, 1.165) is 29.4 Å². The Hall–Kier alpha value is -1.41. The summed E-state index contributed by atoms with van der Waals surface area (Å²) < 4.78 is 2.02. The molecule has 1 aliphatic carbocycles. The highest BCUT2D eigenvalue weighted by Crippen LogP contribution is 2.40. The Labute approximate surface area is 124 Å². The second-order valence-corrected chi connectivity index (χ2v) is 6.65. The molecule has 0 spiro atoms. The van der Waals surface area contributed by atoms with Crippen molar-refractivity contribution in [2.75, 3.05) is 5.75 Å². The highest BCUT2D eigenvalue weighted by Gasteiger charge is 2.30. The highest BCUT2D eigenvalue weighted by molar-refractivity contribution is 7.99. The smallest absolute Gasteiger partial charge is 0.313 e. The molecule has 1 fully saturated rings. The molecule has 1 aliphatic rings. The topological polar surface area (TPSA) is 80.9 Å². The van der Waals surface area contributed by atoms with E-state index < -0.39 is 5.97 Å². The molecule has 0 aromatic carbocycles. The zero-order valence-corrected chi connectivity index (χ0v) is 12.6. The highest BCUT2D eigenvalue weighted by atomic mass is 32.2. The standard InChI is InChI=1S/C12H14N4O2S2/c1-7-5-19-9(13-7)4-16-11(8-2-3-8)14-15-12(16)20-6-10(17)18/h5,8H,2-4,6H2,1H3,(H,17,18). The summed E-state index contributed by atoms with van der Waals surface area (Å²) in [6.07, 6.45) is 2.28. The number of rotatable bonds is 6. The summed E-state index contributed by atoms with van der Waals surface area (Å²) >= 11 is 2.82. The van der Waals surface area contributed by atoms with Crippen molar-refractivity contribution in [2.45, 2.75) is 37.4 Å². The van der Waals surface area contributed by atoms with Gasteiger partial charge in [-0.15, -0.1) is 21.5 Å². The molecule has 8 heteroatoms. The number of thiazole rings is 1. The summed E-state index contributed by atoms with van der Waals surface area (Å²) in [6.45, 7) is 2.59. The van der Waals surface area contributed by atoms with Gasteiger partial charge < -0.3 is 5.11 Å². The first-order valence-electron chi connectivity index (χ1n) is 6.32. The predicted octanol–water partition coefficient (Wildman–Crippen LogP) is 2.15. The lowest BCUT2D eigenvalue weighted by Gasteiger charge is -2.07. The number of thioether (sulfide) groups is 1. The van der Waals surface area contributed by atoms with Gasteiger partial charge in [-0.05, 0) is 19.8 Å². The van der Waals surface area contributed by atoms with Crippen molar-refractivity contribution in [1.29, 1.82) is 0 Å². The molecule has 0 unspecified atom stereocenters. The minimum Gasteiger partial charge on any atom is -0.481 e. The zero-order chi connectivity index (χ0) is 14.1. The fourth-order valence-electron chi connectivity index (χ4n) is 1.94. The molecule has 2 aromatic heterocycles. The molecule has 106 valence electrons. The van der Waals surface area contributed by atoms with E-state index in [1.807, 2.05) is 16.9 Å². The van der Waals surface area contributed by atoms with E-state index in [1.165, 1.54) is 11.8 Å². The molecule has 0 saturated heterocycles. The van der Waals surface area contributed by atoms with Crippen LogP contribution < -0.4 is 0 Å². The average molecular weight is 310 g/mol. The molecule has 0 radical (unpaired) electrons. The van der Waals surface area contributed by atoms with Gasteiger partial charge in [-0.3, -0.25) is 9.36 Å². The maximum atomic E-state index is 10.7. The van der Waals surface area contributed by atoms with E-state index >= 15 is 0 Å². The van der Waals surface area contributed by atoms with Crippen LogP contribution in [0, 0.1) is 6.92 Å². The average Bonchev–Trinajstić information content (AvgIpc) is 3.05. The van der Waals surface area contributed by atoms with Crippen LogP contribution in [-0.2, 0) is 11.3 Å². The first-order chi connectivity index (χ1) is 9.63. The van der Waals surface area contributed by atoms with Gasteiger partial charge in [0.15, 0.2) is 5.16 Å². The molecule has 3 rings (SSSR count). The third kappa shape index (κ3) is 3.01. The molecule has 1 N–H and O–H groups in total. The van der Waals surface area contributed by atoms with Crippen LogP contribution in [0.1, 0.15) is 35.3 Å². The summed E-state index contributed by atoms with van der Waals surface area (Å²) in [5.74, 6) is 0.593. The molecule has 6 nitrogen and oxygen atoms in total. The molecule has 0 amide bonds. The van der Waals surface area contributed by atoms with Crippen LogP contribution in [0.15, 0.2) is 10.5 Å². The van der Waals surface area contributed by atoms with Gasteiger partial charge in [0.1, 0.15) is 10.8 Å². The number of hydrogen-bond acceptors (Lipinski definition) is 6. The largest absolute Gasteiger partial charge is 0.481 e. The Kier molecular flexibility index (Phi) is 3.75. The first kappa shape index (κ1) is 13.6. The number of aliphatic carboxylic acids is 1. The van der Waals surface area contributed by atoms with Gasteiger partial charge in [0.25, 0.3) is 0 Å².